The molecule has 0 aromatic carbocycles. The van der Waals surface area contributed by atoms with Crippen molar-refractivity contribution in [1.82, 2.24) is 9.80 Å². The summed E-state index contributed by atoms with van der Waals surface area (Å²) < 4.78 is 0. The second-order valence-electron chi connectivity index (χ2n) is 4.64. The van der Waals surface area contributed by atoms with Crippen molar-refractivity contribution in [2.24, 2.45) is 5.92 Å². The summed E-state index contributed by atoms with van der Waals surface area (Å²) in [5, 5.41) is 9.48. The van der Waals surface area contributed by atoms with Gasteiger partial charge in [0.2, 0.25) is 0 Å². The quantitative estimate of drug-likeness (QED) is 0.654. The maximum Gasteiger partial charge on any atom is 0.0667 e. The minimum Gasteiger partial charge on any atom is -0.392 e. The SMILES string of the molecule is CN1CC(CN2CCC[C@@H](O)C2)C1. The van der Waals surface area contributed by atoms with Crippen molar-refractivity contribution in [1.29, 1.82) is 0 Å². The highest BCUT2D eigenvalue weighted by molar-refractivity contribution is 4.82. The van der Waals surface area contributed by atoms with Crippen LogP contribution in [0.1, 0.15) is 12.8 Å². The Balaban J connectivity index is 1.69. The van der Waals surface area contributed by atoms with Gasteiger partial charge >= 0.3 is 0 Å². The summed E-state index contributed by atoms with van der Waals surface area (Å²) in [7, 11) is 2.17. The Morgan fingerprint density at radius 2 is 2.08 bits per heavy atom. The van der Waals surface area contributed by atoms with Crippen LogP contribution >= 0.6 is 0 Å². The second-order valence-corrected chi connectivity index (χ2v) is 4.64. The van der Waals surface area contributed by atoms with Crippen LogP contribution < -0.4 is 0 Å². The van der Waals surface area contributed by atoms with Gasteiger partial charge in [0, 0.05) is 26.2 Å². The zero-order valence-electron chi connectivity index (χ0n) is 8.45. The Morgan fingerprint density at radius 3 is 2.69 bits per heavy atom. The molecule has 0 unspecified atom stereocenters. The van der Waals surface area contributed by atoms with Crippen molar-refractivity contribution in [2.45, 2.75) is 18.9 Å². The average Bonchev–Trinajstić information content (AvgIpc) is 2.01. The molecule has 13 heavy (non-hydrogen) atoms. The summed E-state index contributed by atoms with van der Waals surface area (Å²) in [6.07, 6.45) is 2.11. The van der Waals surface area contributed by atoms with Crippen molar-refractivity contribution in [3.05, 3.63) is 0 Å². The second kappa shape index (κ2) is 3.95. The molecule has 0 bridgehead atoms. The molecule has 1 N–H and O–H groups in total. The van der Waals surface area contributed by atoms with Gasteiger partial charge in [0.25, 0.3) is 0 Å². The van der Waals surface area contributed by atoms with Crippen LogP contribution in [-0.4, -0.2) is 60.8 Å². The number of aliphatic hydroxyl groups excluding tert-OH is 1. The van der Waals surface area contributed by atoms with E-state index in [0.717, 1.165) is 18.9 Å². The molecule has 0 spiro atoms. The highest BCUT2D eigenvalue weighted by atomic mass is 16.3. The maximum atomic E-state index is 9.48. The van der Waals surface area contributed by atoms with Crippen molar-refractivity contribution >= 4 is 0 Å². The van der Waals surface area contributed by atoms with Gasteiger partial charge in [-0.3, -0.25) is 0 Å². The van der Waals surface area contributed by atoms with E-state index < -0.39 is 0 Å². The number of nitrogens with zero attached hydrogens (tertiary/aromatic N) is 2. The third-order valence-electron chi connectivity index (χ3n) is 3.14. The van der Waals surface area contributed by atoms with Gasteiger partial charge in [-0.15, -0.1) is 0 Å². The van der Waals surface area contributed by atoms with E-state index in [-0.39, 0.29) is 6.10 Å². The predicted molar refractivity (Wildman–Crippen MR) is 52.7 cm³/mol. The molecule has 2 aliphatic rings. The first-order valence-corrected chi connectivity index (χ1v) is 5.33. The van der Waals surface area contributed by atoms with Crippen LogP contribution in [0.3, 0.4) is 0 Å². The smallest absolute Gasteiger partial charge is 0.0667 e. The number of aliphatic hydroxyl groups is 1. The normalized spacial score (nSPS) is 33.2. The lowest BCUT2D eigenvalue weighted by Crippen LogP contribution is -2.51. The predicted octanol–water partition coefficient (Wildman–Crippen LogP) is 0.00470. The first-order chi connectivity index (χ1) is 6.24. The molecule has 2 rings (SSSR count). The minimum atomic E-state index is -0.0634. The number of hydrogen-bond acceptors (Lipinski definition) is 3. The van der Waals surface area contributed by atoms with Crippen molar-refractivity contribution in [3.8, 4) is 0 Å². The molecule has 76 valence electrons. The molecule has 0 radical (unpaired) electrons. The Kier molecular flexibility index (Phi) is 2.86. The summed E-state index contributed by atoms with van der Waals surface area (Å²) in [5.74, 6) is 0.857. The largest absolute Gasteiger partial charge is 0.392 e. The molecule has 3 nitrogen and oxygen atoms in total. The van der Waals surface area contributed by atoms with E-state index >= 15 is 0 Å². The standard InChI is InChI=1S/C10H20N2O/c1-11-5-9(6-11)7-12-4-2-3-10(13)8-12/h9-10,13H,2-8H2,1H3/t10-/m1/s1. The molecule has 0 aromatic rings. The van der Waals surface area contributed by atoms with Crippen LogP contribution in [0.4, 0.5) is 0 Å². The lowest BCUT2D eigenvalue weighted by atomic mass is 9.99. The van der Waals surface area contributed by atoms with E-state index in [4.69, 9.17) is 0 Å². The van der Waals surface area contributed by atoms with Gasteiger partial charge in [0.05, 0.1) is 6.10 Å². The Bertz CT molecular complexity index is 168. The van der Waals surface area contributed by atoms with Gasteiger partial charge in [0.15, 0.2) is 0 Å². The number of piperidine rings is 1. The van der Waals surface area contributed by atoms with E-state index in [2.05, 4.69) is 16.8 Å². The molecule has 2 aliphatic heterocycles. The van der Waals surface area contributed by atoms with Crippen molar-refractivity contribution in [2.75, 3.05) is 39.8 Å². The lowest BCUT2D eigenvalue weighted by molar-refractivity contribution is 0.0343. The molecule has 0 amide bonds. The molecule has 0 aromatic heterocycles. The van der Waals surface area contributed by atoms with Gasteiger partial charge in [0.1, 0.15) is 0 Å². The summed E-state index contributed by atoms with van der Waals surface area (Å²) in [6.45, 7) is 5.78. The van der Waals surface area contributed by atoms with Gasteiger partial charge in [-0.1, -0.05) is 0 Å². The summed E-state index contributed by atoms with van der Waals surface area (Å²) in [5.41, 5.74) is 0. The fourth-order valence-corrected chi connectivity index (χ4v) is 2.51. The van der Waals surface area contributed by atoms with Crippen LogP contribution in [0.2, 0.25) is 0 Å². The molecular weight excluding hydrogens is 164 g/mol. The Labute approximate surface area is 80.3 Å². The van der Waals surface area contributed by atoms with Gasteiger partial charge in [-0.05, 0) is 32.4 Å². The number of hydrogen-bond donors (Lipinski definition) is 1. The third-order valence-corrected chi connectivity index (χ3v) is 3.14. The van der Waals surface area contributed by atoms with Crippen LogP contribution in [0.15, 0.2) is 0 Å². The first kappa shape index (κ1) is 9.44. The summed E-state index contributed by atoms with van der Waals surface area (Å²) >= 11 is 0. The molecular formula is C10H20N2O. The molecule has 1 atom stereocenters. The molecule has 0 saturated carbocycles. The zero-order valence-corrected chi connectivity index (χ0v) is 8.45. The molecule has 2 fully saturated rings. The van der Waals surface area contributed by atoms with E-state index in [0.29, 0.717) is 0 Å². The van der Waals surface area contributed by atoms with E-state index in [1.54, 1.807) is 0 Å². The Morgan fingerprint density at radius 1 is 1.31 bits per heavy atom. The number of β-amino-alcohol motifs (C(OH)–C–C–N with tert-alkyl or cyclic N) is 1. The summed E-state index contributed by atoms with van der Waals surface area (Å²) in [6, 6.07) is 0. The van der Waals surface area contributed by atoms with E-state index in [1.165, 1.54) is 32.6 Å². The molecule has 3 heteroatoms. The number of likely N-dealkylation sites (tertiary alicyclic amines) is 2. The average molecular weight is 184 g/mol. The van der Waals surface area contributed by atoms with Crippen LogP contribution in [0.5, 0.6) is 0 Å². The maximum absolute atomic E-state index is 9.48. The topological polar surface area (TPSA) is 26.7 Å². The van der Waals surface area contributed by atoms with Crippen LogP contribution in [0, 0.1) is 5.92 Å². The first-order valence-electron chi connectivity index (χ1n) is 5.33. The third kappa shape index (κ3) is 2.42. The number of rotatable bonds is 2. The van der Waals surface area contributed by atoms with Crippen LogP contribution in [-0.2, 0) is 0 Å². The van der Waals surface area contributed by atoms with E-state index in [1.807, 2.05) is 0 Å². The highest BCUT2D eigenvalue weighted by Crippen LogP contribution is 2.17. The molecule has 0 aliphatic carbocycles. The molecule has 2 heterocycles. The minimum absolute atomic E-state index is 0.0634. The summed E-state index contributed by atoms with van der Waals surface area (Å²) in [4.78, 5) is 4.77. The van der Waals surface area contributed by atoms with Gasteiger partial charge in [-0.25, -0.2) is 0 Å². The van der Waals surface area contributed by atoms with Crippen LogP contribution in [0.25, 0.3) is 0 Å². The monoisotopic (exact) mass is 184 g/mol. The fraction of sp³-hybridized carbons (Fsp3) is 1.00. The van der Waals surface area contributed by atoms with E-state index in [9.17, 15) is 5.11 Å². The van der Waals surface area contributed by atoms with Gasteiger partial charge < -0.3 is 14.9 Å². The van der Waals surface area contributed by atoms with Crippen molar-refractivity contribution in [3.63, 3.8) is 0 Å². The molecule has 2 saturated heterocycles. The lowest BCUT2D eigenvalue weighted by Gasteiger charge is -2.41. The Hall–Kier alpha value is -0.120. The van der Waals surface area contributed by atoms with Gasteiger partial charge in [-0.2, -0.15) is 0 Å². The zero-order chi connectivity index (χ0) is 9.26. The highest BCUT2D eigenvalue weighted by Gasteiger charge is 2.27. The fourth-order valence-electron chi connectivity index (χ4n) is 2.51. The van der Waals surface area contributed by atoms with Crippen molar-refractivity contribution < 1.29 is 5.11 Å².